The minimum Gasteiger partial charge on any atom is -0.364 e. The van der Waals surface area contributed by atoms with E-state index in [9.17, 15) is 4.79 Å². The van der Waals surface area contributed by atoms with E-state index in [-0.39, 0.29) is 5.56 Å². The molecule has 0 fully saturated rings. The molecule has 0 aliphatic heterocycles. The van der Waals surface area contributed by atoms with Gasteiger partial charge in [-0.15, -0.1) is 0 Å². The van der Waals surface area contributed by atoms with E-state index in [4.69, 9.17) is 4.74 Å². The number of nitrogens with zero attached hydrogens (tertiary/aromatic N) is 1. The maximum Gasteiger partial charge on any atom is 0.255 e. The Labute approximate surface area is 65.2 Å². The van der Waals surface area contributed by atoms with E-state index in [0.717, 1.165) is 5.56 Å². The van der Waals surface area contributed by atoms with E-state index < -0.39 is 0 Å². The molecule has 1 aromatic rings. The number of hydrogen-bond acceptors (Lipinski definition) is 2. The van der Waals surface area contributed by atoms with Crippen molar-refractivity contribution >= 4 is 0 Å². The van der Waals surface area contributed by atoms with Crippen LogP contribution in [0.15, 0.2) is 23.1 Å². The highest BCUT2D eigenvalue weighted by Crippen LogP contribution is 1.88. The lowest BCUT2D eigenvalue weighted by atomic mass is 10.3. The van der Waals surface area contributed by atoms with Crippen molar-refractivity contribution in [3.05, 3.63) is 34.2 Å². The van der Waals surface area contributed by atoms with Crippen molar-refractivity contribution in [2.24, 2.45) is 0 Å². The molecule has 60 valence electrons. The Balaban J connectivity index is 3.07. The largest absolute Gasteiger partial charge is 0.364 e. The van der Waals surface area contributed by atoms with Crippen LogP contribution in [-0.4, -0.2) is 11.7 Å². The summed E-state index contributed by atoms with van der Waals surface area (Å²) in [6.45, 7) is 2.11. The summed E-state index contributed by atoms with van der Waals surface area (Å²) < 4.78 is 6.35. The molecule has 0 aromatic carbocycles. The summed E-state index contributed by atoms with van der Waals surface area (Å²) in [7, 11) is 1.56. The van der Waals surface area contributed by atoms with Gasteiger partial charge in [0.25, 0.3) is 5.56 Å². The third-order valence-electron chi connectivity index (χ3n) is 1.48. The highest BCUT2D eigenvalue weighted by molar-refractivity contribution is 5.07. The lowest BCUT2D eigenvalue weighted by Crippen LogP contribution is -2.21. The molecule has 0 amide bonds. The van der Waals surface area contributed by atoms with Crippen LogP contribution in [0.2, 0.25) is 0 Å². The molecule has 0 aliphatic rings. The van der Waals surface area contributed by atoms with Gasteiger partial charge in [0.05, 0.1) is 0 Å². The van der Waals surface area contributed by atoms with E-state index >= 15 is 0 Å². The van der Waals surface area contributed by atoms with Crippen LogP contribution in [-0.2, 0) is 11.5 Å². The van der Waals surface area contributed by atoms with Crippen LogP contribution in [0.25, 0.3) is 0 Å². The topological polar surface area (TPSA) is 31.2 Å². The predicted octanol–water partition coefficient (Wildman–Crippen LogP) is 0.761. The van der Waals surface area contributed by atoms with Crippen molar-refractivity contribution in [3.8, 4) is 0 Å². The van der Waals surface area contributed by atoms with Crippen LogP contribution in [0, 0.1) is 6.92 Å². The number of methoxy groups -OCH3 is 1. The number of pyridine rings is 1. The number of hydrogen-bond donors (Lipinski definition) is 0. The van der Waals surface area contributed by atoms with E-state index in [1.165, 1.54) is 4.57 Å². The maximum atomic E-state index is 11.2. The number of aryl methyl sites for hydroxylation is 1. The van der Waals surface area contributed by atoms with Crippen molar-refractivity contribution in [3.63, 3.8) is 0 Å². The number of ether oxygens (including phenoxy) is 1. The zero-order valence-corrected chi connectivity index (χ0v) is 6.70. The van der Waals surface area contributed by atoms with Gasteiger partial charge in [-0.3, -0.25) is 9.36 Å². The second-order valence-electron chi connectivity index (χ2n) is 2.38. The van der Waals surface area contributed by atoms with Gasteiger partial charge in [-0.1, -0.05) is 6.07 Å². The van der Waals surface area contributed by atoms with Gasteiger partial charge in [-0.05, 0) is 13.0 Å². The molecule has 11 heavy (non-hydrogen) atoms. The molecule has 0 saturated heterocycles. The van der Waals surface area contributed by atoms with Gasteiger partial charge in [0.1, 0.15) is 6.73 Å². The van der Waals surface area contributed by atoms with E-state index in [0.29, 0.717) is 6.73 Å². The first kappa shape index (κ1) is 8.01. The summed E-state index contributed by atoms with van der Waals surface area (Å²) in [5.74, 6) is 0. The fourth-order valence-electron chi connectivity index (χ4n) is 0.898. The molecule has 1 heterocycles. The predicted molar refractivity (Wildman–Crippen MR) is 42.4 cm³/mol. The van der Waals surface area contributed by atoms with Gasteiger partial charge in [0.15, 0.2) is 0 Å². The molecule has 1 aromatic heterocycles. The second-order valence-corrected chi connectivity index (χ2v) is 2.38. The van der Waals surface area contributed by atoms with Crippen molar-refractivity contribution in [2.45, 2.75) is 13.7 Å². The molecule has 1 rings (SSSR count). The smallest absolute Gasteiger partial charge is 0.255 e. The molecule has 0 aliphatic carbocycles. The van der Waals surface area contributed by atoms with Crippen molar-refractivity contribution < 1.29 is 4.74 Å². The minimum atomic E-state index is 0.00866. The molecular formula is C8H11NO2. The lowest BCUT2D eigenvalue weighted by molar-refractivity contribution is 0.128. The number of rotatable bonds is 2. The van der Waals surface area contributed by atoms with Gasteiger partial charge in [0, 0.05) is 18.9 Å². The van der Waals surface area contributed by atoms with Crippen LogP contribution in [0.5, 0.6) is 0 Å². The van der Waals surface area contributed by atoms with Crippen LogP contribution < -0.4 is 5.56 Å². The molecule has 0 saturated carbocycles. The average Bonchev–Trinajstić information content (AvgIpc) is 1.99. The van der Waals surface area contributed by atoms with E-state index in [1.807, 2.05) is 6.07 Å². The molecule has 0 bridgehead atoms. The molecule has 3 heteroatoms. The Hall–Kier alpha value is -1.09. The van der Waals surface area contributed by atoms with E-state index in [1.54, 1.807) is 26.3 Å². The third kappa shape index (κ3) is 1.68. The second kappa shape index (κ2) is 3.34. The standard InChI is InChI=1S/C8H11NO2/c1-7-4-3-5-9(6-11-2)8(7)10/h3-5H,6H2,1-2H3. The van der Waals surface area contributed by atoms with Crippen LogP contribution >= 0.6 is 0 Å². The minimum absolute atomic E-state index is 0.00866. The normalized spacial score (nSPS) is 10.0. The van der Waals surface area contributed by atoms with Crippen LogP contribution in [0.4, 0.5) is 0 Å². The first-order chi connectivity index (χ1) is 5.25. The fourth-order valence-corrected chi connectivity index (χ4v) is 0.898. The Morgan fingerprint density at radius 3 is 3.00 bits per heavy atom. The highest BCUT2D eigenvalue weighted by Gasteiger charge is 1.95. The van der Waals surface area contributed by atoms with Gasteiger partial charge in [-0.25, -0.2) is 0 Å². The number of aromatic nitrogens is 1. The van der Waals surface area contributed by atoms with Crippen LogP contribution in [0.3, 0.4) is 0 Å². The monoisotopic (exact) mass is 153 g/mol. The molecule has 0 spiro atoms. The zero-order chi connectivity index (χ0) is 8.27. The zero-order valence-electron chi connectivity index (χ0n) is 6.70. The summed E-state index contributed by atoms with van der Waals surface area (Å²) in [5, 5.41) is 0. The summed E-state index contributed by atoms with van der Waals surface area (Å²) in [6, 6.07) is 3.62. The van der Waals surface area contributed by atoms with Crippen molar-refractivity contribution in [1.29, 1.82) is 0 Å². The van der Waals surface area contributed by atoms with Crippen molar-refractivity contribution in [2.75, 3.05) is 7.11 Å². The van der Waals surface area contributed by atoms with Gasteiger partial charge < -0.3 is 4.74 Å². The Bertz CT molecular complexity index is 290. The summed E-state index contributed by atoms with van der Waals surface area (Å²) in [4.78, 5) is 11.2. The first-order valence-corrected chi connectivity index (χ1v) is 3.40. The maximum absolute atomic E-state index is 11.2. The van der Waals surface area contributed by atoms with Crippen LogP contribution in [0.1, 0.15) is 5.56 Å². The molecule has 0 unspecified atom stereocenters. The SMILES string of the molecule is COCn1cccc(C)c1=O. The molecule has 0 radical (unpaired) electrons. The van der Waals surface area contributed by atoms with Gasteiger partial charge in [-0.2, -0.15) is 0 Å². The Kier molecular flexibility index (Phi) is 2.44. The third-order valence-corrected chi connectivity index (χ3v) is 1.48. The quantitative estimate of drug-likeness (QED) is 0.628. The fraction of sp³-hybridized carbons (Fsp3) is 0.375. The Morgan fingerprint density at radius 2 is 2.36 bits per heavy atom. The lowest BCUT2D eigenvalue weighted by Gasteiger charge is -2.03. The molecule has 3 nitrogen and oxygen atoms in total. The Morgan fingerprint density at radius 1 is 1.64 bits per heavy atom. The van der Waals surface area contributed by atoms with Crippen molar-refractivity contribution in [1.82, 2.24) is 4.57 Å². The first-order valence-electron chi connectivity index (χ1n) is 3.40. The summed E-state index contributed by atoms with van der Waals surface area (Å²) >= 11 is 0. The van der Waals surface area contributed by atoms with E-state index in [2.05, 4.69) is 0 Å². The van der Waals surface area contributed by atoms with Gasteiger partial charge >= 0.3 is 0 Å². The highest BCUT2D eigenvalue weighted by atomic mass is 16.5. The summed E-state index contributed by atoms with van der Waals surface area (Å²) in [6.07, 6.45) is 1.71. The summed E-state index contributed by atoms with van der Waals surface area (Å²) in [5.41, 5.74) is 0.749. The molecule has 0 N–H and O–H groups in total. The van der Waals surface area contributed by atoms with Gasteiger partial charge in [0.2, 0.25) is 0 Å². The molecule has 0 atom stereocenters. The average molecular weight is 153 g/mol. The molecular weight excluding hydrogens is 142 g/mol.